The van der Waals surface area contributed by atoms with Crippen LogP contribution in [0.3, 0.4) is 0 Å². The molecular formula is C22H28N4O5S. The molecule has 3 rings (SSSR count). The first-order chi connectivity index (χ1) is 15.2. The zero-order valence-corrected chi connectivity index (χ0v) is 19.2. The maximum atomic E-state index is 12.9. The van der Waals surface area contributed by atoms with Crippen LogP contribution in [0.1, 0.15) is 22.0 Å². The quantitative estimate of drug-likeness (QED) is 0.605. The van der Waals surface area contributed by atoms with Gasteiger partial charge in [0.2, 0.25) is 15.9 Å². The second-order valence-corrected chi connectivity index (χ2v) is 9.62. The van der Waals surface area contributed by atoms with Crippen molar-refractivity contribution in [3.8, 4) is 5.75 Å². The van der Waals surface area contributed by atoms with Crippen LogP contribution in [-0.4, -0.2) is 76.8 Å². The van der Waals surface area contributed by atoms with Gasteiger partial charge in [0.25, 0.3) is 5.91 Å². The average molecular weight is 461 g/mol. The molecule has 1 aliphatic rings. The molecule has 10 heteroatoms. The van der Waals surface area contributed by atoms with Gasteiger partial charge in [-0.15, -0.1) is 0 Å². The van der Waals surface area contributed by atoms with Crippen LogP contribution in [-0.2, 0) is 14.8 Å². The highest BCUT2D eigenvalue weighted by molar-refractivity contribution is 7.89. The van der Waals surface area contributed by atoms with E-state index in [2.05, 4.69) is 10.6 Å². The molecule has 0 aliphatic carbocycles. The van der Waals surface area contributed by atoms with E-state index in [9.17, 15) is 18.0 Å². The number of carbonyl (C=O) groups is 2. The third kappa shape index (κ3) is 5.45. The molecule has 1 aliphatic heterocycles. The molecule has 1 unspecified atom stereocenters. The number of rotatable bonds is 8. The Hall–Kier alpha value is -2.95. The molecule has 2 N–H and O–H groups in total. The van der Waals surface area contributed by atoms with Crippen LogP contribution in [0.5, 0.6) is 5.75 Å². The molecule has 1 saturated heterocycles. The molecule has 1 heterocycles. The van der Waals surface area contributed by atoms with Crippen molar-refractivity contribution in [1.82, 2.24) is 19.8 Å². The lowest BCUT2D eigenvalue weighted by atomic mass is 10.1. The number of likely N-dealkylation sites (N-methyl/N-ethyl adjacent to an activating group) is 1. The number of methoxy groups -OCH3 is 1. The van der Waals surface area contributed by atoms with Crippen molar-refractivity contribution in [3.63, 3.8) is 0 Å². The largest absolute Gasteiger partial charge is 0.497 e. The van der Waals surface area contributed by atoms with Gasteiger partial charge in [0.15, 0.2) is 0 Å². The number of amides is 2. The molecule has 1 atom stereocenters. The van der Waals surface area contributed by atoms with Gasteiger partial charge in [0, 0.05) is 25.2 Å². The van der Waals surface area contributed by atoms with Crippen LogP contribution in [0.2, 0.25) is 0 Å². The number of piperazine rings is 1. The fraction of sp³-hybridized carbons (Fsp3) is 0.364. The minimum atomic E-state index is -3.87. The predicted octanol–water partition coefficient (Wildman–Crippen LogP) is 0.848. The summed E-state index contributed by atoms with van der Waals surface area (Å²) in [4.78, 5) is 26.4. The van der Waals surface area contributed by atoms with Crippen LogP contribution in [0, 0.1) is 0 Å². The Morgan fingerprint density at radius 2 is 1.94 bits per heavy atom. The summed E-state index contributed by atoms with van der Waals surface area (Å²) in [6, 6.07) is 13.4. The smallest absolute Gasteiger partial charge is 0.251 e. The first-order valence-electron chi connectivity index (χ1n) is 10.2. The molecule has 0 bridgehead atoms. The predicted molar refractivity (Wildman–Crippen MR) is 120 cm³/mol. The van der Waals surface area contributed by atoms with Crippen LogP contribution in [0.4, 0.5) is 0 Å². The van der Waals surface area contributed by atoms with E-state index in [4.69, 9.17) is 4.74 Å². The third-order valence-corrected chi connectivity index (χ3v) is 7.16. The van der Waals surface area contributed by atoms with E-state index in [1.807, 2.05) is 43.3 Å². The van der Waals surface area contributed by atoms with Crippen LogP contribution in [0.25, 0.3) is 0 Å². The molecule has 1 fully saturated rings. The second-order valence-electron chi connectivity index (χ2n) is 7.68. The summed E-state index contributed by atoms with van der Waals surface area (Å²) in [7, 11) is 1.57. The fourth-order valence-corrected chi connectivity index (χ4v) is 4.93. The fourth-order valence-electron chi connectivity index (χ4n) is 3.48. The van der Waals surface area contributed by atoms with Gasteiger partial charge in [-0.1, -0.05) is 18.2 Å². The van der Waals surface area contributed by atoms with Crippen LogP contribution >= 0.6 is 0 Å². The van der Waals surface area contributed by atoms with E-state index in [0.29, 0.717) is 6.54 Å². The first kappa shape index (κ1) is 23.7. The minimum absolute atomic E-state index is 0.0147. The van der Waals surface area contributed by atoms with Crippen molar-refractivity contribution >= 4 is 21.8 Å². The lowest BCUT2D eigenvalue weighted by Gasteiger charge is -2.26. The SMILES string of the molecule is COc1ccc(C(CNC(=O)c2cccc(S(=O)(=O)N3CCNC(=O)C3)c2)N(C)C)cc1. The maximum absolute atomic E-state index is 12.9. The van der Waals surface area contributed by atoms with Crippen molar-refractivity contribution in [2.24, 2.45) is 0 Å². The summed E-state index contributed by atoms with van der Waals surface area (Å²) in [6.07, 6.45) is 0. The molecule has 2 aromatic rings. The normalized spacial score (nSPS) is 15.8. The highest BCUT2D eigenvalue weighted by atomic mass is 32.2. The lowest BCUT2D eigenvalue weighted by Crippen LogP contribution is -2.49. The highest BCUT2D eigenvalue weighted by Gasteiger charge is 2.29. The molecule has 0 saturated carbocycles. The summed E-state index contributed by atoms with van der Waals surface area (Å²) in [5.74, 6) is 0.0280. The number of nitrogens with one attached hydrogen (secondary N) is 2. The van der Waals surface area contributed by atoms with Gasteiger partial charge < -0.3 is 20.3 Å². The van der Waals surface area contributed by atoms with E-state index < -0.39 is 10.0 Å². The maximum Gasteiger partial charge on any atom is 0.251 e. The van der Waals surface area contributed by atoms with Crippen LogP contribution < -0.4 is 15.4 Å². The van der Waals surface area contributed by atoms with Crippen molar-refractivity contribution in [1.29, 1.82) is 0 Å². The second kappa shape index (κ2) is 10.1. The molecule has 172 valence electrons. The summed E-state index contributed by atoms with van der Waals surface area (Å²) in [6.45, 7) is 0.555. The van der Waals surface area contributed by atoms with E-state index >= 15 is 0 Å². The monoisotopic (exact) mass is 460 g/mol. The summed E-state index contributed by atoms with van der Waals surface area (Å²) in [5, 5.41) is 5.49. The zero-order valence-electron chi connectivity index (χ0n) is 18.4. The van der Waals surface area contributed by atoms with Gasteiger partial charge >= 0.3 is 0 Å². The topological polar surface area (TPSA) is 108 Å². The number of hydrogen-bond donors (Lipinski definition) is 2. The van der Waals surface area contributed by atoms with Gasteiger partial charge in [-0.3, -0.25) is 9.59 Å². The van der Waals surface area contributed by atoms with Gasteiger partial charge in [-0.2, -0.15) is 4.31 Å². The lowest BCUT2D eigenvalue weighted by molar-refractivity contribution is -0.122. The number of ether oxygens (including phenoxy) is 1. The average Bonchev–Trinajstić information content (AvgIpc) is 2.79. The van der Waals surface area contributed by atoms with E-state index in [-0.39, 0.29) is 47.9 Å². The van der Waals surface area contributed by atoms with Crippen LogP contribution in [0.15, 0.2) is 53.4 Å². The van der Waals surface area contributed by atoms with Crippen molar-refractivity contribution in [2.75, 3.05) is 47.4 Å². The molecule has 0 aromatic heterocycles. The van der Waals surface area contributed by atoms with Gasteiger partial charge in [-0.25, -0.2) is 8.42 Å². The number of carbonyl (C=O) groups excluding carboxylic acids is 2. The van der Waals surface area contributed by atoms with E-state index in [0.717, 1.165) is 15.6 Å². The molecule has 0 spiro atoms. The molecule has 0 radical (unpaired) electrons. The Morgan fingerprint density at radius 3 is 2.56 bits per heavy atom. The van der Waals surface area contributed by atoms with Crippen molar-refractivity contribution in [3.05, 3.63) is 59.7 Å². The number of hydrogen-bond acceptors (Lipinski definition) is 6. The van der Waals surface area contributed by atoms with E-state index in [1.54, 1.807) is 13.2 Å². The Kier molecular flexibility index (Phi) is 7.49. The number of sulfonamides is 1. The molecule has 9 nitrogen and oxygen atoms in total. The van der Waals surface area contributed by atoms with Gasteiger partial charge in [0.1, 0.15) is 5.75 Å². The summed E-state index contributed by atoms with van der Waals surface area (Å²) < 4.78 is 32.1. The number of benzene rings is 2. The first-order valence-corrected chi connectivity index (χ1v) is 11.6. The number of nitrogens with zero attached hydrogens (tertiary/aromatic N) is 2. The van der Waals surface area contributed by atoms with Crippen molar-refractivity contribution < 1.29 is 22.7 Å². The Labute approximate surface area is 188 Å². The van der Waals surface area contributed by atoms with Gasteiger partial charge in [0.05, 0.1) is 24.6 Å². The zero-order chi connectivity index (χ0) is 23.3. The Morgan fingerprint density at radius 1 is 1.22 bits per heavy atom. The Balaban J connectivity index is 1.72. The molecule has 2 amide bonds. The minimum Gasteiger partial charge on any atom is -0.497 e. The van der Waals surface area contributed by atoms with Gasteiger partial charge in [-0.05, 0) is 50.0 Å². The van der Waals surface area contributed by atoms with E-state index in [1.165, 1.54) is 18.2 Å². The Bertz CT molecular complexity index is 1070. The summed E-state index contributed by atoms with van der Waals surface area (Å²) in [5.41, 5.74) is 1.25. The standard InChI is InChI=1S/C22H28N4O5S/c1-25(2)20(16-7-9-18(31-3)10-8-16)14-24-22(28)17-5-4-6-19(13-17)32(29,30)26-12-11-23-21(27)15-26/h4-10,13,20H,11-12,14-15H2,1-3H3,(H,23,27)(H,24,28). The van der Waals surface area contributed by atoms with Crippen molar-refractivity contribution in [2.45, 2.75) is 10.9 Å². The highest BCUT2D eigenvalue weighted by Crippen LogP contribution is 2.21. The summed E-state index contributed by atoms with van der Waals surface area (Å²) >= 11 is 0. The molecule has 2 aromatic carbocycles. The third-order valence-electron chi connectivity index (χ3n) is 5.32. The molecular weight excluding hydrogens is 432 g/mol. The molecule has 32 heavy (non-hydrogen) atoms.